The molecular weight excluding hydrogens is 470 g/mol. The largest absolute Gasteiger partial charge is 0.481 e. The zero-order chi connectivity index (χ0) is 26.3. The molecule has 5 rings (SSSR count). The van der Waals surface area contributed by atoms with Gasteiger partial charge in [0.05, 0.1) is 29.7 Å². The highest BCUT2D eigenvalue weighted by Gasteiger charge is 2.38. The minimum absolute atomic E-state index is 0.00480. The van der Waals surface area contributed by atoms with Gasteiger partial charge in [-0.05, 0) is 63.6 Å². The second-order valence-corrected chi connectivity index (χ2v) is 10.8. The summed E-state index contributed by atoms with van der Waals surface area (Å²) in [6.07, 6.45) is 4.29. The number of methoxy groups -OCH3 is 1. The number of aliphatic carboxylic acids is 1. The van der Waals surface area contributed by atoms with Gasteiger partial charge in [-0.2, -0.15) is 0 Å². The maximum Gasteiger partial charge on any atom is 0.414 e. The van der Waals surface area contributed by atoms with Crippen LogP contribution in [0.4, 0.5) is 10.5 Å². The lowest BCUT2D eigenvalue weighted by molar-refractivity contribution is -0.143. The summed E-state index contributed by atoms with van der Waals surface area (Å²) in [6, 6.07) is 13.6. The molecule has 8 heteroatoms. The van der Waals surface area contributed by atoms with Crippen molar-refractivity contribution in [3.8, 4) is 0 Å². The number of carbonyl (C=O) groups is 2. The van der Waals surface area contributed by atoms with E-state index in [4.69, 9.17) is 9.72 Å². The van der Waals surface area contributed by atoms with Gasteiger partial charge in [0.2, 0.25) is 0 Å². The highest BCUT2D eigenvalue weighted by Crippen LogP contribution is 2.42. The van der Waals surface area contributed by atoms with Crippen LogP contribution in [0.2, 0.25) is 0 Å². The average molecular weight is 506 g/mol. The van der Waals surface area contributed by atoms with E-state index in [1.54, 1.807) is 11.8 Å². The molecule has 1 fully saturated rings. The Labute approximate surface area is 216 Å². The van der Waals surface area contributed by atoms with Crippen molar-refractivity contribution in [2.45, 2.75) is 76.5 Å². The van der Waals surface area contributed by atoms with Crippen LogP contribution < -0.4 is 4.90 Å². The number of amides is 1. The van der Waals surface area contributed by atoms with Crippen LogP contribution in [0.15, 0.2) is 42.5 Å². The van der Waals surface area contributed by atoms with E-state index in [9.17, 15) is 19.8 Å². The van der Waals surface area contributed by atoms with E-state index < -0.39 is 23.6 Å². The highest BCUT2D eigenvalue weighted by molar-refractivity contribution is 5.95. The number of hydrogen-bond donors (Lipinski definition) is 2. The molecule has 3 aromatic rings. The first-order valence-electron chi connectivity index (χ1n) is 13.1. The van der Waals surface area contributed by atoms with Crippen LogP contribution in [0.1, 0.15) is 68.9 Å². The zero-order valence-corrected chi connectivity index (χ0v) is 21.7. The first-order valence-corrected chi connectivity index (χ1v) is 13.1. The van der Waals surface area contributed by atoms with Gasteiger partial charge in [0.15, 0.2) is 0 Å². The van der Waals surface area contributed by atoms with Crippen LogP contribution in [0.5, 0.6) is 0 Å². The van der Waals surface area contributed by atoms with Crippen LogP contribution >= 0.6 is 0 Å². The smallest absolute Gasteiger partial charge is 0.414 e. The zero-order valence-electron chi connectivity index (χ0n) is 21.7. The number of imidazole rings is 1. The molecule has 1 aliphatic heterocycles. The SMILES string of the molecule is COC(=O)N1c2ccc3c(nc([C@@](C)(O)Cc4ccccc4)n3[C@@H]3CCC[C@@H](C(=O)O)C3)c2CC[C@@H]1C. The summed E-state index contributed by atoms with van der Waals surface area (Å²) >= 11 is 0. The molecule has 1 saturated carbocycles. The number of anilines is 1. The van der Waals surface area contributed by atoms with Crippen molar-refractivity contribution >= 4 is 28.8 Å². The van der Waals surface area contributed by atoms with Gasteiger partial charge in [0.25, 0.3) is 0 Å². The molecule has 1 amide bonds. The lowest BCUT2D eigenvalue weighted by Crippen LogP contribution is -2.42. The molecule has 2 N–H and O–H groups in total. The van der Waals surface area contributed by atoms with Crippen molar-refractivity contribution < 1.29 is 24.5 Å². The molecule has 4 atom stereocenters. The van der Waals surface area contributed by atoms with E-state index >= 15 is 0 Å². The summed E-state index contributed by atoms with van der Waals surface area (Å²) in [5, 5.41) is 21.6. The van der Waals surface area contributed by atoms with Crippen LogP contribution in [-0.2, 0) is 28.0 Å². The number of carbonyl (C=O) groups excluding carboxylic acids is 1. The van der Waals surface area contributed by atoms with E-state index in [0.29, 0.717) is 25.1 Å². The van der Waals surface area contributed by atoms with E-state index in [1.165, 1.54) is 7.11 Å². The first kappa shape index (κ1) is 25.3. The molecule has 2 aliphatic rings. The Bertz CT molecular complexity index is 1320. The van der Waals surface area contributed by atoms with Gasteiger partial charge in [0, 0.05) is 24.1 Å². The predicted molar refractivity (Wildman–Crippen MR) is 141 cm³/mol. The van der Waals surface area contributed by atoms with Gasteiger partial charge in [0.1, 0.15) is 11.4 Å². The number of fused-ring (bicyclic) bond motifs is 3. The van der Waals surface area contributed by atoms with E-state index in [2.05, 4.69) is 4.57 Å². The van der Waals surface area contributed by atoms with Crippen molar-refractivity contribution in [3.63, 3.8) is 0 Å². The number of ether oxygens (including phenoxy) is 1. The number of hydrogen-bond acceptors (Lipinski definition) is 5. The molecule has 37 heavy (non-hydrogen) atoms. The molecule has 0 bridgehead atoms. The summed E-state index contributed by atoms with van der Waals surface area (Å²) in [4.78, 5) is 31.3. The molecular formula is C29H35N3O5. The molecule has 0 unspecified atom stereocenters. The fourth-order valence-corrected chi connectivity index (χ4v) is 6.22. The molecule has 196 valence electrons. The normalized spacial score (nSPS) is 23.4. The average Bonchev–Trinajstić information content (AvgIpc) is 3.29. The predicted octanol–water partition coefficient (Wildman–Crippen LogP) is 5.21. The third-order valence-electron chi connectivity index (χ3n) is 8.06. The molecule has 2 aromatic carbocycles. The number of carboxylic acids is 1. The van der Waals surface area contributed by atoms with Gasteiger partial charge in [-0.25, -0.2) is 9.78 Å². The molecule has 1 aromatic heterocycles. The molecule has 0 spiro atoms. The maximum absolute atomic E-state index is 12.6. The van der Waals surface area contributed by atoms with Gasteiger partial charge in [-0.3, -0.25) is 9.69 Å². The highest BCUT2D eigenvalue weighted by atomic mass is 16.5. The third kappa shape index (κ3) is 4.59. The molecule has 0 radical (unpaired) electrons. The Morgan fingerprint density at radius 3 is 2.59 bits per heavy atom. The number of rotatable bonds is 5. The Morgan fingerprint density at radius 1 is 1.14 bits per heavy atom. The van der Waals surface area contributed by atoms with Gasteiger partial charge in [-0.15, -0.1) is 0 Å². The summed E-state index contributed by atoms with van der Waals surface area (Å²) in [6.45, 7) is 3.79. The topological polar surface area (TPSA) is 105 Å². The van der Waals surface area contributed by atoms with E-state index in [-0.39, 0.29) is 12.1 Å². The van der Waals surface area contributed by atoms with Gasteiger partial charge < -0.3 is 19.5 Å². The Hall–Kier alpha value is -3.39. The minimum atomic E-state index is -1.28. The van der Waals surface area contributed by atoms with Crippen molar-refractivity contribution in [2.75, 3.05) is 12.0 Å². The van der Waals surface area contributed by atoms with Crippen LogP contribution in [0.3, 0.4) is 0 Å². The summed E-state index contributed by atoms with van der Waals surface area (Å²) in [5.41, 5.74) is 3.08. The molecule has 0 saturated heterocycles. The summed E-state index contributed by atoms with van der Waals surface area (Å²) in [5.74, 6) is -0.651. The maximum atomic E-state index is 12.6. The number of benzene rings is 2. The number of aromatic nitrogens is 2. The lowest BCUT2D eigenvalue weighted by Gasteiger charge is -2.34. The Balaban J connectivity index is 1.68. The van der Waals surface area contributed by atoms with Crippen molar-refractivity contribution in [3.05, 3.63) is 59.4 Å². The number of aryl methyl sites for hydroxylation is 1. The van der Waals surface area contributed by atoms with Gasteiger partial charge in [-0.1, -0.05) is 36.8 Å². The first-order chi connectivity index (χ1) is 17.7. The quantitative estimate of drug-likeness (QED) is 0.493. The molecule has 8 nitrogen and oxygen atoms in total. The monoisotopic (exact) mass is 505 g/mol. The molecule has 1 aliphatic carbocycles. The van der Waals surface area contributed by atoms with Crippen molar-refractivity contribution in [1.29, 1.82) is 0 Å². The lowest BCUT2D eigenvalue weighted by atomic mass is 9.85. The van der Waals surface area contributed by atoms with E-state index in [0.717, 1.165) is 53.5 Å². The number of nitrogens with zero attached hydrogens (tertiary/aromatic N) is 3. The van der Waals surface area contributed by atoms with Crippen molar-refractivity contribution in [2.24, 2.45) is 5.92 Å². The fraction of sp³-hybridized carbons (Fsp3) is 0.483. The molecule has 2 heterocycles. The number of aliphatic hydroxyl groups is 1. The van der Waals surface area contributed by atoms with Crippen LogP contribution in [0.25, 0.3) is 11.0 Å². The summed E-state index contributed by atoms with van der Waals surface area (Å²) in [7, 11) is 1.39. The summed E-state index contributed by atoms with van der Waals surface area (Å²) < 4.78 is 7.17. The van der Waals surface area contributed by atoms with Crippen molar-refractivity contribution in [1.82, 2.24) is 9.55 Å². The second-order valence-electron chi connectivity index (χ2n) is 10.8. The fourth-order valence-electron chi connectivity index (χ4n) is 6.22. The Morgan fingerprint density at radius 2 is 1.89 bits per heavy atom. The second kappa shape index (κ2) is 9.82. The van der Waals surface area contributed by atoms with E-state index in [1.807, 2.05) is 49.4 Å². The van der Waals surface area contributed by atoms with Crippen LogP contribution in [0, 0.1) is 5.92 Å². The van der Waals surface area contributed by atoms with Crippen LogP contribution in [-0.4, -0.2) is 45.0 Å². The minimum Gasteiger partial charge on any atom is -0.481 e. The Kier molecular flexibility index (Phi) is 6.70. The number of carboxylic acid groups (broad SMARTS) is 1. The standard InChI is InChI=1S/C29H35N3O5/c1-18-12-13-22-23(31(18)28(35)37-3)14-15-24-25(22)30-27(29(2,36)17-19-8-5-4-6-9-19)32(24)21-11-7-10-20(16-21)26(33)34/h4-6,8-9,14-15,18,20-21,36H,7,10-13,16-17H2,1-3H3,(H,33,34)/t18-,20+,21+,29-/m0/s1. The van der Waals surface area contributed by atoms with Gasteiger partial charge >= 0.3 is 12.1 Å². The third-order valence-corrected chi connectivity index (χ3v) is 8.06.